The van der Waals surface area contributed by atoms with Crippen molar-refractivity contribution in [3.63, 3.8) is 0 Å². The third-order valence-electron chi connectivity index (χ3n) is 2.30. The topological polar surface area (TPSA) is 81.0 Å². The van der Waals surface area contributed by atoms with Crippen LogP contribution < -0.4 is 4.90 Å². The van der Waals surface area contributed by atoms with Crippen molar-refractivity contribution in [2.24, 2.45) is 0 Å². The highest BCUT2D eigenvalue weighted by Crippen LogP contribution is 2.37. The second-order valence-electron chi connectivity index (χ2n) is 3.15. The number of hydrogen-bond donors (Lipinski definition) is 3. The summed E-state index contributed by atoms with van der Waals surface area (Å²) >= 11 is 0. The van der Waals surface area contributed by atoms with Gasteiger partial charge in [0.2, 0.25) is 0 Å². The second kappa shape index (κ2) is 2.80. The molecule has 3 N–H and O–H groups in total. The van der Waals surface area contributed by atoms with Gasteiger partial charge in [-0.15, -0.1) is 0 Å². The van der Waals surface area contributed by atoms with Crippen molar-refractivity contribution in [3.8, 4) is 11.5 Å². The Morgan fingerprint density at radius 2 is 1.93 bits per heavy atom. The van der Waals surface area contributed by atoms with Crippen molar-refractivity contribution in [1.29, 1.82) is 0 Å². The number of rotatable bonds is 0. The van der Waals surface area contributed by atoms with Gasteiger partial charge in [0.15, 0.2) is 11.5 Å². The monoisotopic (exact) mass is 195 g/mol. The Labute approximate surface area is 79.8 Å². The van der Waals surface area contributed by atoms with E-state index in [4.69, 9.17) is 5.11 Å². The summed E-state index contributed by atoms with van der Waals surface area (Å²) in [6.07, 6.45) is -0.482. The van der Waals surface area contributed by atoms with Gasteiger partial charge in [-0.2, -0.15) is 0 Å². The van der Waals surface area contributed by atoms with Gasteiger partial charge in [0.05, 0.1) is 5.69 Å². The van der Waals surface area contributed by atoms with E-state index < -0.39 is 6.09 Å². The fraction of sp³-hybridized carbons (Fsp3) is 0.222. The van der Waals surface area contributed by atoms with Crippen molar-refractivity contribution in [2.45, 2.75) is 6.42 Å². The number of benzene rings is 1. The smallest absolute Gasteiger partial charge is 0.411 e. The first-order valence-corrected chi connectivity index (χ1v) is 4.15. The minimum absolute atomic E-state index is 0.212. The number of fused-ring (bicyclic) bond motifs is 1. The summed E-state index contributed by atoms with van der Waals surface area (Å²) in [6.45, 7) is 0.369. The molecule has 5 heteroatoms. The molecule has 1 amide bonds. The summed E-state index contributed by atoms with van der Waals surface area (Å²) in [5.74, 6) is -0.507. The molecule has 1 aliphatic heterocycles. The van der Waals surface area contributed by atoms with Gasteiger partial charge in [-0.05, 0) is 18.1 Å². The normalized spacial score (nSPS) is 14.1. The quantitative estimate of drug-likeness (QED) is 0.542. The van der Waals surface area contributed by atoms with Gasteiger partial charge in [-0.3, -0.25) is 4.90 Å². The predicted octanol–water partition coefficient (Wildman–Crippen LogP) is 1.14. The van der Waals surface area contributed by atoms with E-state index in [0.29, 0.717) is 18.7 Å². The van der Waals surface area contributed by atoms with E-state index in [1.165, 1.54) is 12.1 Å². The van der Waals surface area contributed by atoms with Crippen LogP contribution in [0.2, 0.25) is 0 Å². The van der Waals surface area contributed by atoms with Gasteiger partial charge in [0, 0.05) is 12.6 Å². The summed E-state index contributed by atoms with van der Waals surface area (Å²) in [7, 11) is 0. The van der Waals surface area contributed by atoms with E-state index in [1.807, 2.05) is 0 Å². The van der Waals surface area contributed by atoms with Gasteiger partial charge in [-0.25, -0.2) is 4.79 Å². The number of amides is 1. The lowest BCUT2D eigenvalue weighted by Crippen LogP contribution is -2.26. The summed E-state index contributed by atoms with van der Waals surface area (Å²) in [5, 5.41) is 27.2. The molecule has 1 heterocycles. The highest BCUT2D eigenvalue weighted by atomic mass is 16.4. The fourth-order valence-electron chi connectivity index (χ4n) is 1.61. The second-order valence-corrected chi connectivity index (χ2v) is 3.15. The van der Waals surface area contributed by atoms with Crippen LogP contribution in [0, 0.1) is 0 Å². The number of nitrogens with zero attached hydrogens (tertiary/aromatic N) is 1. The molecule has 0 bridgehead atoms. The number of carboxylic acid groups (broad SMARTS) is 1. The number of phenolic OH excluding ortho intramolecular Hbond substituents is 2. The largest absolute Gasteiger partial charge is 0.504 e. The molecule has 5 nitrogen and oxygen atoms in total. The molecule has 0 spiro atoms. The number of hydrogen-bond acceptors (Lipinski definition) is 3. The molecule has 0 saturated carbocycles. The zero-order chi connectivity index (χ0) is 10.3. The molecule has 0 aliphatic carbocycles. The number of anilines is 1. The van der Waals surface area contributed by atoms with Gasteiger partial charge >= 0.3 is 6.09 Å². The van der Waals surface area contributed by atoms with Crippen LogP contribution >= 0.6 is 0 Å². The lowest BCUT2D eigenvalue weighted by Gasteiger charge is -2.12. The molecule has 14 heavy (non-hydrogen) atoms. The SMILES string of the molecule is O=C(O)N1CCc2cc(O)c(O)cc21. The molecule has 1 aliphatic rings. The van der Waals surface area contributed by atoms with Crippen LogP contribution in [0.1, 0.15) is 5.56 Å². The minimum Gasteiger partial charge on any atom is -0.504 e. The fourth-order valence-corrected chi connectivity index (χ4v) is 1.61. The molecule has 0 fully saturated rings. The number of phenols is 2. The van der Waals surface area contributed by atoms with Crippen LogP contribution in [0.25, 0.3) is 0 Å². The third kappa shape index (κ3) is 1.14. The van der Waals surface area contributed by atoms with E-state index in [2.05, 4.69) is 0 Å². The molecule has 0 radical (unpaired) electrons. The van der Waals surface area contributed by atoms with Crippen LogP contribution in [0.5, 0.6) is 11.5 Å². The maximum Gasteiger partial charge on any atom is 0.411 e. The van der Waals surface area contributed by atoms with Crippen molar-refractivity contribution in [2.75, 3.05) is 11.4 Å². The van der Waals surface area contributed by atoms with Gasteiger partial charge < -0.3 is 15.3 Å². The molecule has 0 aromatic heterocycles. The van der Waals surface area contributed by atoms with Crippen LogP contribution in [0.4, 0.5) is 10.5 Å². The van der Waals surface area contributed by atoms with E-state index in [1.54, 1.807) is 0 Å². The van der Waals surface area contributed by atoms with Gasteiger partial charge in [0.1, 0.15) is 0 Å². The third-order valence-corrected chi connectivity index (χ3v) is 2.30. The zero-order valence-corrected chi connectivity index (χ0v) is 7.27. The Morgan fingerprint density at radius 3 is 2.57 bits per heavy atom. The van der Waals surface area contributed by atoms with Gasteiger partial charge in [-0.1, -0.05) is 0 Å². The van der Waals surface area contributed by atoms with Crippen LogP contribution in [-0.4, -0.2) is 28.0 Å². The maximum absolute atomic E-state index is 10.7. The molecular formula is C9H9NO4. The molecule has 74 valence electrons. The molecule has 1 aromatic rings. The maximum atomic E-state index is 10.7. The Balaban J connectivity index is 2.50. The molecule has 2 rings (SSSR count). The molecular weight excluding hydrogens is 186 g/mol. The van der Waals surface area contributed by atoms with Crippen LogP contribution in [-0.2, 0) is 6.42 Å². The zero-order valence-electron chi connectivity index (χ0n) is 7.27. The molecule has 0 saturated heterocycles. The van der Waals surface area contributed by atoms with Crippen molar-refractivity contribution in [3.05, 3.63) is 17.7 Å². The highest BCUT2D eigenvalue weighted by molar-refractivity contribution is 5.89. The van der Waals surface area contributed by atoms with Crippen LogP contribution in [0.3, 0.4) is 0 Å². The van der Waals surface area contributed by atoms with Crippen molar-refractivity contribution < 1.29 is 20.1 Å². The average Bonchev–Trinajstić information content (AvgIpc) is 2.48. The molecule has 1 aromatic carbocycles. The van der Waals surface area contributed by atoms with E-state index >= 15 is 0 Å². The lowest BCUT2D eigenvalue weighted by atomic mass is 10.1. The summed E-state index contributed by atoms with van der Waals surface area (Å²) in [6, 6.07) is 2.67. The van der Waals surface area contributed by atoms with Gasteiger partial charge in [0.25, 0.3) is 0 Å². The molecule has 0 unspecified atom stereocenters. The summed E-state index contributed by atoms with van der Waals surface area (Å²) in [4.78, 5) is 11.9. The standard InChI is InChI=1S/C9H9NO4/c11-7-3-5-1-2-10(9(13)14)6(5)4-8(7)12/h3-4,11-12H,1-2H2,(H,13,14). The van der Waals surface area contributed by atoms with Crippen LogP contribution in [0.15, 0.2) is 12.1 Å². The minimum atomic E-state index is -1.05. The van der Waals surface area contributed by atoms with Crippen molar-refractivity contribution >= 4 is 11.8 Å². The first-order chi connectivity index (χ1) is 6.59. The number of aromatic hydroxyl groups is 2. The summed E-state index contributed by atoms with van der Waals surface area (Å²) in [5.41, 5.74) is 1.19. The van der Waals surface area contributed by atoms with E-state index in [-0.39, 0.29) is 11.5 Å². The Hall–Kier alpha value is -1.91. The molecule has 0 atom stereocenters. The predicted molar refractivity (Wildman–Crippen MR) is 48.8 cm³/mol. The Kier molecular flexibility index (Phi) is 1.73. The first kappa shape index (κ1) is 8.68. The van der Waals surface area contributed by atoms with E-state index in [9.17, 15) is 15.0 Å². The Bertz CT molecular complexity index is 402. The first-order valence-electron chi connectivity index (χ1n) is 4.15. The summed E-state index contributed by atoms with van der Waals surface area (Å²) < 4.78 is 0. The number of carbonyl (C=O) groups is 1. The van der Waals surface area contributed by atoms with E-state index in [0.717, 1.165) is 10.5 Å². The highest BCUT2D eigenvalue weighted by Gasteiger charge is 2.25. The Morgan fingerprint density at radius 1 is 1.29 bits per heavy atom. The van der Waals surface area contributed by atoms with Crippen molar-refractivity contribution in [1.82, 2.24) is 0 Å². The average molecular weight is 195 g/mol. The lowest BCUT2D eigenvalue weighted by molar-refractivity contribution is 0.202.